The van der Waals surface area contributed by atoms with E-state index in [1.807, 2.05) is 0 Å². The SMILES string of the molecule is C[C@H](OC(=O)[C@@H]1COc2ccccc2O1)C(=O)Nc1ccccc1OC(F)F. The molecule has 0 aromatic heterocycles. The molecule has 0 unspecified atom stereocenters. The van der Waals surface area contributed by atoms with Crippen LogP contribution in [0.1, 0.15) is 6.92 Å². The van der Waals surface area contributed by atoms with Crippen LogP contribution in [0.5, 0.6) is 17.2 Å². The fourth-order valence-corrected chi connectivity index (χ4v) is 2.44. The van der Waals surface area contributed by atoms with Crippen molar-refractivity contribution in [2.45, 2.75) is 25.7 Å². The molecule has 0 saturated carbocycles. The second-order valence-electron chi connectivity index (χ2n) is 5.81. The van der Waals surface area contributed by atoms with Crippen LogP contribution in [0.25, 0.3) is 0 Å². The first-order valence-corrected chi connectivity index (χ1v) is 8.37. The number of esters is 1. The van der Waals surface area contributed by atoms with Gasteiger partial charge in [0.15, 0.2) is 17.6 Å². The molecule has 1 amide bonds. The van der Waals surface area contributed by atoms with Gasteiger partial charge in [0.1, 0.15) is 12.4 Å². The molecule has 148 valence electrons. The van der Waals surface area contributed by atoms with Gasteiger partial charge in [-0.3, -0.25) is 4.79 Å². The van der Waals surface area contributed by atoms with Crippen molar-refractivity contribution in [1.82, 2.24) is 0 Å². The Morgan fingerprint density at radius 3 is 2.54 bits per heavy atom. The first kappa shape index (κ1) is 19.4. The number of carbonyl (C=O) groups excluding carboxylic acids is 2. The summed E-state index contributed by atoms with van der Waals surface area (Å²) in [6.07, 6.45) is -2.23. The van der Waals surface area contributed by atoms with E-state index in [4.69, 9.17) is 14.2 Å². The number of para-hydroxylation sites is 4. The van der Waals surface area contributed by atoms with Crippen LogP contribution >= 0.6 is 0 Å². The summed E-state index contributed by atoms with van der Waals surface area (Å²) in [6.45, 7) is -1.75. The van der Waals surface area contributed by atoms with Gasteiger partial charge >= 0.3 is 12.6 Å². The van der Waals surface area contributed by atoms with Crippen molar-refractivity contribution >= 4 is 17.6 Å². The highest BCUT2D eigenvalue weighted by Gasteiger charge is 2.31. The molecule has 1 aliphatic heterocycles. The second-order valence-corrected chi connectivity index (χ2v) is 5.81. The summed E-state index contributed by atoms with van der Waals surface area (Å²) in [6, 6.07) is 12.5. The molecular weight excluding hydrogens is 376 g/mol. The van der Waals surface area contributed by atoms with Gasteiger partial charge in [0, 0.05) is 0 Å². The highest BCUT2D eigenvalue weighted by Crippen LogP contribution is 2.31. The molecule has 2 aromatic carbocycles. The molecule has 2 aromatic rings. The van der Waals surface area contributed by atoms with Gasteiger partial charge in [-0.05, 0) is 31.2 Å². The Morgan fingerprint density at radius 2 is 1.79 bits per heavy atom. The van der Waals surface area contributed by atoms with Crippen LogP contribution in [-0.4, -0.2) is 37.3 Å². The Morgan fingerprint density at radius 1 is 1.11 bits per heavy atom. The Labute approximate surface area is 159 Å². The van der Waals surface area contributed by atoms with Crippen molar-refractivity contribution in [2.75, 3.05) is 11.9 Å². The zero-order valence-corrected chi connectivity index (χ0v) is 14.8. The lowest BCUT2D eigenvalue weighted by molar-refractivity contribution is -0.162. The molecular formula is C19H17F2NO6. The number of nitrogens with one attached hydrogen (secondary N) is 1. The van der Waals surface area contributed by atoms with Gasteiger partial charge in [0.05, 0.1) is 5.69 Å². The van der Waals surface area contributed by atoms with Crippen LogP contribution in [0.4, 0.5) is 14.5 Å². The maximum atomic E-state index is 12.4. The number of ether oxygens (including phenoxy) is 4. The minimum atomic E-state index is -3.04. The number of fused-ring (bicyclic) bond motifs is 1. The van der Waals surface area contributed by atoms with E-state index in [0.717, 1.165) is 0 Å². The molecule has 1 aliphatic rings. The van der Waals surface area contributed by atoms with Crippen LogP contribution in [-0.2, 0) is 14.3 Å². The van der Waals surface area contributed by atoms with Crippen LogP contribution in [0.3, 0.4) is 0 Å². The fraction of sp³-hybridized carbons (Fsp3) is 0.263. The third-order valence-electron chi connectivity index (χ3n) is 3.79. The fourth-order valence-electron chi connectivity index (χ4n) is 2.44. The minimum Gasteiger partial charge on any atom is -0.485 e. The smallest absolute Gasteiger partial charge is 0.387 e. The maximum Gasteiger partial charge on any atom is 0.387 e. The van der Waals surface area contributed by atoms with Gasteiger partial charge in [-0.2, -0.15) is 8.78 Å². The van der Waals surface area contributed by atoms with Crippen molar-refractivity contribution in [3.8, 4) is 17.2 Å². The van der Waals surface area contributed by atoms with Crippen LogP contribution in [0.2, 0.25) is 0 Å². The standard InChI is InChI=1S/C19H17F2NO6/c1-11(17(23)22-12-6-2-3-7-13(12)28-19(20)21)26-18(24)16-10-25-14-8-4-5-9-15(14)27-16/h2-9,11,16,19H,10H2,1H3,(H,22,23)/t11-,16-/m0/s1. The number of alkyl halides is 2. The van der Waals surface area contributed by atoms with E-state index in [-0.39, 0.29) is 18.0 Å². The van der Waals surface area contributed by atoms with Gasteiger partial charge in [-0.15, -0.1) is 0 Å². The first-order chi connectivity index (χ1) is 13.4. The van der Waals surface area contributed by atoms with Crippen molar-refractivity contribution in [1.29, 1.82) is 0 Å². The van der Waals surface area contributed by atoms with E-state index in [1.54, 1.807) is 24.3 Å². The number of anilines is 1. The largest absolute Gasteiger partial charge is 0.485 e. The topological polar surface area (TPSA) is 83.1 Å². The third kappa shape index (κ3) is 4.67. The van der Waals surface area contributed by atoms with Gasteiger partial charge in [0.2, 0.25) is 6.10 Å². The van der Waals surface area contributed by atoms with Crippen LogP contribution in [0, 0.1) is 0 Å². The summed E-state index contributed by atoms with van der Waals surface area (Å²) in [7, 11) is 0. The highest BCUT2D eigenvalue weighted by atomic mass is 19.3. The number of benzene rings is 2. The second kappa shape index (κ2) is 8.55. The Balaban J connectivity index is 1.58. The molecule has 3 rings (SSSR count). The zero-order valence-electron chi connectivity index (χ0n) is 14.8. The summed E-state index contributed by atoms with van der Waals surface area (Å²) in [5, 5.41) is 2.39. The number of amides is 1. The molecule has 1 N–H and O–H groups in total. The van der Waals surface area contributed by atoms with Gasteiger partial charge in [-0.25, -0.2) is 4.79 Å². The number of halogens is 2. The molecule has 0 bridgehead atoms. The van der Waals surface area contributed by atoms with E-state index >= 15 is 0 Å². The lowest BCUT2D eigenvalue weighted by Crippen LogP contribution is -2.41. The maximum absolute atomic E-state index is 12.4. The zero-order chi connectivity index (χ0) is 20.1. The van der Waals surface area contributed by atoms with Gasteiger partial charge in [-0.1, -0.05) is 24.3 Å². The average Bonchev–Trinajstić information content (AvgIpc) is 2.68. The monoisotopic (exact) mass is 393 g/mol. The third-order valence-corrected chi connectivity index (χ3v) is 3.79. The van der Waals surface area contributed by atoms with Crippen molar-refractivity contribution in [2.24, 2.45) is 0 Å². The van der Waals surface area contributed by atoms with E-state index in [0.29, 0.717) is 11.5 Å². The van der Waals surface area contributed by atoms with E-state index in [9.17, 15) is 18.4 Å². The Bertz CT molecular complexity index is 860. The molecule has 1 heterocycles. The molecule has 0 aliphatic carbocycles. The Hall–Kier alpha value is -3.36. The van der Waals surface area contributed by atoms with Crippen LogP contribution < -0.4 is 19.5 Å². The molecule has 0 saturated heterocycles. The first-order valence-electron chi connectivity index (χ1n) is 8.37. The van der Waals surface area contributed by atoms with Gasteiger partial charge in [0.25, 0.3) is 5.91 Å². The number of carbonyl (C=O) groups is 2. The normalized spacial score (nSPS) is 16.2. The molecule has 0 radical (unpaired) electrons. The summed E-state index contributed by atoms with van der Waals surface area (Å²) < 4.78 is 45.3. The molecule has 28 heavy (non-hydrogen) atoms. The van der Waals surface area contributed by atoms with Crippen molar-refractivity contribution in [3.05, 3.63) is 48.5 Å². The summed E-state index contributed by atoms with van der Waals surface area (Å²) in [4.78, 5) is 24.5. The number of rotatable bonds is 6. The minimum absolute atomic E-state index is 0.0295. The van der Waals surface area contributed by atoms with Crippen LogP contribution in [0.15, 0.2) is 48.5 Å². The number of hydrogen-bond donors (Lipinski definition) is 1. The molecule has 2 atom stereocenters. The number of hydrogen-bond acceptors (Lipinski definition) is 6. The van der Waals surface area contributed by atoms with Crippen molar-refractivity contribution in [3.63, 3.8) is 0 Å². The highest BCUT2D eigenvalue weighted by molar-refractivity contribution is 5.96. The average molecular weight is 393 g/mol. The predicted molar refractivity (Wildman–Crippen MR) is 93.6 cm³/mol. The molecule has 0 spiro atoms. The summed E-state index contributed by atoms with van der Waals surface area (Å²) in [5.74, 6) is -0.797. The summed E-state index contributed by atoms with van der Waals surface area (Å²) >= 11 is 0. The van der Waals surface area contributed by atoms with E-state index < -0.39 is 30.7 Å². The molecule has 9 heteroatoms. The predicted octanol–water partition coefficient (Wildman–Crippen LogP) is 3.00. The lowest BCUT2D eigenvalue weighted by Gasteiger charge is -2.26. The van der Waals surface area contributed by atoms with Gasteiger partial charge < -0.3 is 24.3 Å². The van der Waals surface area contributed by atoms with E-state index in [1.165, 1.54) is 31.2 Å². The lowest BCUT2D eigenvalue weighted by atomic mass is 10.2. The Kier molecular flexibility index (Phi) is 5.93. The quantitative estimate of drug-likeness (QED) is 0.760. The van der Waals surface area contributed by atoms with E-state index in [2.05, 4.69) is 10.1 Å². The molecule has 0 fully saturated rings. The van der Waals surface area contributed by atoms with Crippen molar-refractivity contribution < 1.29 is 37.3 Å². The summed E-state index contributed by atoms with van der Waals surface area (Å²) in [5.41, 5.74) is 0.0295. The molecule has 7 nitrogen and oxygen atoms in total.